The van der Waals surface area contributed by atoms with E-state index in [9.17, 15) is 12.8 Å². The number of aromatic nitrogens is 2. The van der Waals surface area contributed by atoms with E-state index in [0.717, 1.165) is 6.07 Å². The Hall–Kier alpha value is -1.82. The maximum atomic E-state index is 13.4. The summed E-state index contributed by atoms with van der Waals surface area (Å²) < 4.78 is 37.2. The summed E-state index contributed by atoms with van der Waals surface area (Å²) in [6.45, 7) is 0. The third-order valence-electron chi connectivity index (χ3n) is 2.11. The molecule has 4 nitrogen and oxygen atoms in total. The number of halogens is 1. The van der Waals surface area contributed by atoms with Crippen LogP contribution < -0.4 is 0 Å². The summed E-state index contributed by atoms with van der Waals surface area (Å²) in [5, 5.41) is 0. The Morgan fingerprint density at radius 3 is 2.35 bits per heavy atom. The third-order valence-corrected chi connectivity index (χ3v) is 3.75. The highest BCUT2D eigenvalue weighted by molar-refractivity contribution is 7.90. The van der Waals surface area contributed by atoms with Crippen molar-refractivity contribution in [2.45, 2.75) is 10.6 Å². The summed E-state index contributed by atoms with van der Waals surface area (Å²) in [6.07, 6.45) is 2.89. The van der Waals surface area contributed by atoms with Crippen LogP contribution in [0.15, 0.2) is 47.6 Å². The van der Waals surface area contributed by atoms with E-state index >= 15 is 0 Å². The quantitative estimate of drug-likeness (QED) is 0.832. The van der Waals surface area contributed by atoms with Gasteiger partial charge in [-0.05, 0) is 18.2 Å². The minimum atomic E-state index is -3.74. The van der Waals surface area contributed by atoms with Crippen molar-refractivity contribution in [1.82, 2.24) is 9.97 Å². The fraction of sp³-hybridized carbons (Fsp3) is 0.0909. The maximum Gasteiger partial charge on any atom is 0.188 e. The van der Waals surface area contributed by atoms with Crippen LogP contribution in [0.2, 0.25) is 0 Å². The summed E-state index contributed by atoms with van der Waals surface area (Å²) in [5.74, 6) is -1.02. The first kappa shape index (κ1) is 11.7. The topological polar surface area (TPSA) is 59.9 Å². The molecule has 1 aromatic carbocycles. The number of nitrogens with zero attached hydrogens (tertiary/aromatic N) is 2. The molecule has 0 spiro atoms. The Morgan fingerprint density at radius 2 is 1.71 bits per heavy atom. The van der Waals surface area contributed by atoms with Crippen molar-refractivity contribution in [3.8, 4) is 0 Å². The third kappa shape index (κ3) is 2.65. The number of rotatable bonds is 3. The molecule has 0 N–H and O–H groups in total. The standard InChI is InChI=1S/C11H9FN2O2S/c12-9-4-1-2-5-10(9)17(15,16)8-11-13-6-3-7-14-11/h1-7H,8H2. The van der Waals surface area contributed by atoms with E-state index < -0.39 is 21.4 Å². The summed E-state index contributed by atoms with van der Waals surface area (Å²) in [6, 6.07) is 6.83. The van der Waals surface area contributed by atoms with Crippen molar-refractivity contribution in [3.05, 3.63) is 54.4 Å². The SMILES string of the molecule is O=S(=O)(Cc1ncccn1)c1ccccc1F. The highest BCUT2D eigenvalue weighted by Crippen LogP contribution is 2.17. The van der Waals surface area contributed by atoms with Gasteiger partial charge in [0, 0.05) is 12.4 Å². The van der Waals surface area contributed by atoms with Gasteiger partial charge in [0.05, 0.1) is 0 Å². The lowest BCUT2D eigenvalue weighted by atomic mass is 10.3. The predicted octanol–water partition coefficient (Wildman–Crippen LogP) is 1.59. The molecule has 0 saturated heterocycles. The molecule has 6 heteroatoms. The molecule has 0 aliphatic carbocycles. The van der Waals surface area contributed by atoms with Gasteiger partial charge in [-0.3, -0.25) is 0 Å². The van der Waals surface area contributed by atoms with E-state index in [1.54, 1.807) is 6.07 Å². The molecule has 0 bridgehead atoms. The van der Waals surface area contributed by atoms with Crippen molar-refractivity contribution < 1.29 is 12.8 Å². The molecule has 2 rings (SSSR count). The minimum absolute atomic E-state index is 0.149. The molecule has 0 radical (unpaired) electrons. The van der Waals surface area contributed by atoms with E-state index in [-0.39, 0.29) is 10.7 Å². The van der Waals surface area contributed by atoms with Crippen molar-refractivity contribution in [2.24, 2.45) is 0 Å². The van der Waals surface area contributed by atoms with E-state index in [4.69, 9.17) is 0 Å². The second-order valence-electron chi connectivity index (χ2n) is 3.35. The highest BCUT2D eigenvalue weighted by Gasteiger charge is 2.20. The van der Waals surface area contributed by atoms with Gasteiger partial charge >= 0.3 is 0 Å². The van der Waals surface area contributed by atoms with E-state index in [0.29, 0.717) is 0 Å². The monoisotopic (exact) mass is 252 g/mol. The van der Waals surface area contributed by atoms with Crippen molar-refractivity contribution in [1.29, 1.82) is 0 Å². The van der Waals surface area contributed by atoms with E-state index in [1.807, 2.05) is 0 Å². The Morgan fingerprint density at radius 1 is 1.06 bits per heavy atom. The number of sulfone groups is 1. The van der Waals surface area contributed by atoms with Crippen LogP contribution in [-0.2, 0) is 15.6 Å². The number of hydrogen-bond acceptors (Lipinski definition) is 4. The molecule has 17 heavy (non-hydrogen) atoms. The van der Waals surface area contributed by atoms with Crippen LogP contribution in [0.5, 0.6) is 0 Å². The van der Waals surface area contributed by atoms with Gasteiger partial charge in [-0.25, -0.2) is 22.8 Å². The van der Waals surface area contributed by atoms with Crippen molar-refractivity contribution in [2.75, 3.05) is 0 Å². The van der Waals surface area contributed by atoms with Gasteiger partial charge in [0.2, 0.25) is 0 Å². The van der Waals surface area contributed by atoms with Gasteiger partial charge in [-0.1, -0.05) is 12.1 Å². The summed E-state index contributed by atoms with van der Waals surface area (Å²) in [7, 11) is -3.74. The fourth-order valence-electron chi connectivity index (χ4n) is 1.35. The van der Waals surface area contributed by atoms with Crippen LogP contribution >= 0.6 is 0 Å². The van der Waals surface area contributed by atoms with Crippen LogP contribution in [-0.4, -0.2) is 18.4 Å². The first-order valence-electron chi connectivity index (χ1n) is 4.83. The lowest BCUT2D eigenvalue weighted by Gasteiger charge is -2.04. The van der Waals surface area contributed by atoms with Crippen LogP contribution in [0.3, 0.4) is 0 Å². The first-order chi connectivity index (χ1) is 8.09. The summed E-state index contributed by atoms with van der Waals surface area (Å²) in [4.78, 5) is 7.29. The van der Waals surface area contributed by atoms with Gasteiger partial charge in [0.25, 0.3) is 0 Å². The zero-order valence-electron chi connectivity index (χ0n) is 8.75. The average Bonchev–Trinajstić information content (AvgIpc) is 2.30. The molecule has 0 amide bonds. The second-order valence-corrected chi connectivity index (χ2v) is 5.31. The molecular formula is C11H9FN2O2S. The minimum Gasteiger partial charge on any atom is -0.240 e. The Labute approximate surface area is 98.1 Å². The molecule has 2 aromatic rings. The van der Waals surface area contributed by atoms with Gasteiger partial charge in [0.1, 0.15) is 22.3 Å². The normalized spacial score (nSPS) is 11.4. The average molecular weight is 252 g/mol. The molecule has 0 unspecified atom stereocenters. The Kier molecular flexibility index (Phi) is 3.14. The number of hydrogen-bond donors (Lipinski definition) is 0. The van der Waals surface area contributed by atoms with Crippen molar-refractivity contribution in [3.63, 3.8) is 0 Å². The predicted molar refractivity (Wildman–Crippen MR) is 59.3 cm³/mol. The van der Waals surface area contributed by atoms with Gasteiger partial charge < -0.3 is 0 Å². The lowest BCUT2D eigenvalue weighted by Crippen LogP contribution is -2.09. The van der Waals surface area contributed by atoms with E-state index in [2.05, 4.69) is 9.97 Å². The molecule has 0 aliphatic heterocycles. The van der Waals surface area contributed by atoms with Gasteiger partial charge in [0.15, 0.2) is 9.84 Å². The van der Waals surface area contributed by atoms with Crippen LogP contribution in [0.1, 0.15) is 5.82 Å². The molecule has 1 heterocycles. The molecule has 0 aliphatic rings. The van der Waals surface area contributed by atoms with Crippen LogP contribution in [0.4, 0.5) is 4.39 Å². The maximum absolute atomic E-state index is 13.4. The molecular weight excluding hydrogens is 243 g/mol. The number of benzene rings is 1. The summed E-state index contributed by atoms with van der Waals surface area (Å²) >= 11 is 0. The fourth-order valence-corrected chi connectivity index (χ4v) is 2.64. The summed E-state index contributed by atoms with van der Waals surface area (Å²) in [5.41, 5.74) is 0. The van der Waals surface area contributed by atoms with Gasteiger partial charge in [-0.2, -0.15) is 0 Å². The Bertz CT molecular complexity index is 614. The molecule has 88 valence electrons. The molecule has 0 atom stereocenters. The van der Waals surface area contributed by atoms with Crippen LogP contribution in [0, 0.1) is 5.82 Å². The largest absolute Gasteiger partial charge is 0.240 e. The lowest BCUT2D eigenvalue weighted by molar-refractivity contribution is 0.565. The van der Waals surface area contributed by atoms with E-state index in [1.165, 1.54) is 30.6 Å². The zero-order valence-corrected chi connectivity index (χ0v) is 9.56. The molecule has 0 fully saturated rings. The zero-order chi connectivity index (χ0) is 12.3. The van der Waals surface area contributed by atoms with Crippen LogP contribution in [0.25, 0.3) is 0 Å². The second kappa shape index (κ2) is 4.58. The van der Waals surface area contributed by atoms with Gasteiger partial charge in [-0.15, -0.1) is 0 Å². The Balaban J connectivity index is 2.36. The highest BCUT2D eigenvalue weighted by atomic mass is 32.2. The molecule has 0 saturated carbocycles. The smallest absolute Gasteiger partial charge is 0.188 e. The first-order valence-corrected chi connectivity index (χ1v) is 6.48. The van der Waals surface area contributed by atoms with Crippen molar-refractivity contribution >= 4 is 9.84 Å². The molecule has 1 aromatic heterocycles.